The molecule has 3 rings (SSSR count). The third kappa shape index (κ3) is 4.82. The largest absolute Gasteiger partial charge is 0.493 e. The average Bonchev–Trinajstić information content (AvgIpc) is 2.74. The van der Waals surface area contributed by atoms with Gasteiger partial charge in [0.25, 0.3) is 11.6 Å². The Labute approximate surface area is 175 Å². The van der Waals surface area contributed by atoms with Gasteiger partial charge in [0.15, 0.2) is 11.5 Å². The fraction of sp³-hybridized carbons (Fsp3) is 0.409. The minimum Gasteiger partial charge on any atom is -0.493 e. The smallest absolute Gasteiger partial charge is 0.286 e. The maximum atomic E-state index is 12.8. The van der Waals surface area contributed by atoms with Crippen molar-refractivity contribution in [3.05, 3.63) is 52.1 Å². The van der Waals surface area contributed by atoms with Crippen LogP contribution in [0.5, 0.6) is 11.5 Å². The maximum Gasteiger partial charge on any atom is 0.286 e. The Morgan fingerprint density at radius 3 is 2.43 bits per heavy atom. The lowest BCUT2D eigenvalue weighted by molar-refractivity contribution is -0.385. The first kappa shape index (κ1) is 21.4. The van der Waals surface area contributed by atoms with Crippen LogP contribution >= 0.6 is 0 Å². The van der Waals surface area contributed by atoms with Crippen molar-refractivity contribution in [2.24, 2.45) is 5.92 Å². The van der Waals surface area contributed by atoms with Crippen LogP contribution in [0.15, 0.2) is 36.4 Å². The molecule has 0 aromatic heterocycles. The number of nitrogens with one attached hydrogen (secondary N) is 1. The number of carbonyl (C=O) groups is 1. The van der Waals surface area contributed by atoms with Crippen molar-refractivity contribution in [1.29, 1.82) is 0 Å². The minimum absolute atomic E-state index is 0.0885. The molecule has 1 aliphatic rings. The topological polar surface area (TPSA) is 93.9 Å². The molecule has 1 heterocycles. The Balaban J connectivity index is 1.79. The Morgan fingerprint density at radius 1 is 1.20 bits per heavy atom. The van der Waals surface area contributed by atoms with Crippen LogP contribution in [0.1, 0.15) is 37.0 Å². The van der Waals surface area contributed by atoms with E-state index in [-0.39, 0.29) is 22.7 Å². The predicted molar refractivity (Wildman–Crippen MR) is 116 cm³/mol. The van der Waals surface area contributed by atoms with Crippen LogP contribution < -0.4 is 19.7 Å². The first-order valence-corrected chi connectivity index (χ1v) is 10.1. The Hall–Kier alpha value is -3.29. The molecule has 30 heavy (non-hydrogen) atoms. The van der Waals surface area contributed by atoms with E-state index >= 15 is 0 Å². The van der Waals surface area contributed by atoms with Crippen molar-refractivity contribution in [3.63, 3.8) is 0 Å². The molecule has 0 radical (unpaired) electrons. The number of ether oxygens (including phenoxy) is 2. The van der Waals surface area contributed by atoms with Crippen LogP contribution in [0.25, 0.3) is 0 Å². The number of anilines is 2. The van der Waals surface area contributed by atoms with Gasteiger partial charge in [-0.3, -0.25) is 14.9 Å². The summed E-state index contributed by atoms with van der Waals surface area (Å²) in [4.78, 5) is 26.0. The van der Waals surface area contributed by atoms with Crippen LogP contribution in [0, 0.1) is 16.0 Å². The quantitative estimate of drug-likeness (QED) is 0.531. The standard InChI is InChI=1S/C22H27N3O5/c1-4-30-21-14-19(25(27)28)18(13-20(21)29-3)22(26)23-16-5-7-17(8-6-16)24-11-9-15(2)10-12-24/h5-8,13-15H,4,9-12H2,1-3H3,(H,23,26). The van der Waals surface area contributed by atoms with Crippen LogP contribution in [0.4, 0.5) is 17.1 Å². The van der Waals surface area contributed by atoms with E-state index in [9.17, 15) is 14.9 Å². The van der Waals surface area contributed by atoms with Gasteiger partial charge >= 0.3 is 0 Å². The Kier molecular flexibility index (Phi) is 6.76. The number of methoxy groups -OCH3 is 1. The predicted octanol–water partition coefficient (Wildman–Crippen LogP) is 4.49. The lowest BCUT2D eigenvalue weighted by Crippen LogP contribution is -2.32. The molecule has 0 saturated carbocycles. The van der Waals surface area contributed by atoms with Crippen molar-refractivity contribution in [2.45, 2.75) is 26.7 Å². The summed E-state index contributed by atoms with van der Waals surface area (Å²) < 4.78 is 10.6. The van der Waals surface area contributed by atoms with Gasteiger partial charge in [-0.2, -0.15) is 0 Å². The number of amides is 1. The third-order valence-electron chi connectivity index (χ3n) is 5.30. The molecule has 0 atom stereocenters. The second kappa shape index (κ2) is 9.47. The van der Waals surface area contributed by atoms with Crippen molar-refractivity contribution in [3.8, 4) is 11.5 Å². The third-order valence-corrected chi connectivity index (χ3v) is 5.30. The van der Waals surface area contributed by atoms with E-state index in [1.807, 2.05) is 24.3 Å². The molecule has 8 heteroatoms. The summed E-state index contributed by atoms with van der Waals surface area (Å²) in [6.07, 6.45) is 2.34. The first-order chi connectivity index (χ1) is 14.4. The summed E-state index contributed by atoms with van der Waals surface area (Å²) in [6, 6.07) is 10.1. The summed E-state index contributed by atoms with van der Waals surface area (Å²) in [7, 11) is 1.42. The molecule has 0 bridgehead atoms. The van der Waals surface area contributed by atoms with Gasteiger partial charge in [0.2, 0.25) is 0 Å². The molecular weight excluding hydrogens is 386 g/mol. The number of nitrogens with zero attached hydrogens (tertiary/aromatic N) is 2. The van der Waals surface area contributed by atoms with Crippen molar-refractivity contribution < 1.29 is 19.2 Å². The van der Waals surface area contributed by atoms with E-state index in [0.717, 1.165) is 24.7 Å². The van der Waals surface area contributed by atoms with Gasteiger partial charge in [-0.1, -0.05) is 6.92 Å². The minimum atomic E-state index is -0.600. The van der Waals surface area contributed by atoms with E-state index in [2.05, 4.69) is 17.1 Å². The molecule has 8 nitrogen and oxygen atoms in total. The van der Waals surface area contributed by atoms with E-state index in [4.69, 9.17) is 9.47 Å². The summed E-state index contributed by atoms with van der Waals surface area (Å²) >= 11 is 0. The van der Waals surface area contributed by atoms with E-state index in [0.29, 0.717) is 12.3 Å². The van der Waals surface area contributed by atoms with Gasteiger partial charge in [-0.15, -0.1) is 0 Å². The van der Waals surface area contributed by atoms with Crippen LogP contribution in [0.2, 0.25) is 0 Å². The molecule has 2 aromatic carbocycles. The number of hydrogen-bond acceptors (Lipinski definition) is 6. The van der Waals surface area contributed by atoms with Gasteiger partial charge in [-0.05, 0) is 49.9 Å². The number of nitro groups is 1. The molecule has 2 aromatic rings. The zero-order chi connectivity index (χ0) is 21.7. The normalized spacial score (nSPS) is 14.3. The number of carbonyl (C=O) groups excluding carboxylic acids is 1. The van der Waals surface area contributed by atoms with Gasteiger partial charge in [0.1, 0.15) is 5.56 Å². The summed E-state index contributed by atoms with van der Waals surface area (Å²) in [6.45, 7) is 6.39. The Bertz CT molecular complexity index is 906. The van der Waals surface area contributed by atoms with E-state index in [1.54, 1.807) is 6.92 Å². The van der Waals surface area contributed by atoms with Gasteiger partial charge in [0.05, 0.1) is 24.7 Å². The highest BCUT2D eigenvalue weighted by atomic mass is 16.6. The molecular formula is C22H27N3O5. The van der Waals surface area contributed by atoms with Crippen molar-refractivity contribution >= 4 is 23.0 Å². The average molecular weight is 413 g/mol. The van der Waals surface area contributed by atoms with Gasteiger partial charge < -0.3 is 19.7 Å². The summed E-state index contributed by atoms with van der Waals surface area (Å²) in [5.74, 6) is 0.662. The molecule has 1 fully saturated rings. The molecule has 1 saturated heterocycles. The fourth-order valence-corrected chi connectivity index (χ4v) is 3.53. The maximum absolute atomic E-state index is 12.8. The SMILES string of the molecule is CCOc1cc([N+](=O)[O-])c(C(=O)Nc2ccc(N3CCC(C)CC3)cc2)cc1OC. The highest BCUT2D eigenvalue weighted by Gasteiger charge is 2.25. The van der Waals surface area contributed by atoms with Crippen molar-refractivity contribution in [1.82, 2.24) is 0 Å². The monoisotopic (exact) mass is 413 g/mol. The fourth-order valence-electron chi connectivity index (χ4n) is 3.53. The highest BCUT2D eigenvalue weighted by Crippen LogP contribution is 2.35. The summed E-state index contributed by atoms with van der Waals surface area (Å²) in [5.41, 5.74) is 1.25. The number of rotatable bonds is 7. The van der Waals surface area contributed by atoms with Crippen LogP contribution in [0.3, 0.4) is 0 Å². The van der Waals surface area contributed by atoms with Crippen molar-refractivity contribution in [2.75, 3.05) is 37.0 Å². The number of hydrogen-bond donors (Lipinski definition) is 1. The first-order valence-electron chi connectivity index (χ1n) is 10.1. The molecule has 0 aliphatic carbocycles. The second-order valence-electron chi connectivity index (χ2n) is 7.38. The van der Waals surface area contributed by atoms with Crippen LogP contribution in [-0.2, 0) is 0 Å². The molecule has 1 aliphatic heterocycles. The Morgan fingerprint density at radius 2 is 1.87 bits per heavy atom. The number of benzene rings is 2. The molecule has 160 valence electrons. The lowest BCUT2D eigenvalue weighted by atomic mass is 9.99. The highest BCUT2D eigenvalue weighted by molar-refractivity contribution is 6.07. The van der Waals surface area contributed by atoms with Crippen LogP contribution in [-0.4, -0.2) is 37.6 Å². The second-order valence-corrected chi connectivity index (χ2v) is 7.38. The molecule has 0 spiro atoms. The zero-order valence-electron chi connectivity index (χ0n) is 17.5. The number of piperidine rings is 1. The molecule has 1 amide bonds. The number of nitro benzene ring substituents is 1. The van der Waals surface area contributed by atoms with Gasteiger partial charge in [0, 0.05) is 30.5 Å². The molecule has 0 unspecified atom stereocenters. The summed E-state index contributed by atoms with van der Waals surface area (Å²) in [5, 5.41) is 14.2. The van der Waals surface area contributed by atoms with E-state index < -0.39 is 10.8 Å². The zero-order valence-corrected chi connectivity index (χ0v) is 17.5. The van der Waals surface area contributed by atoms with E-state index in [1.165, 1.54) is 32.1 Å². The van der Waals surface area contributed by atoms with Gasteiger partial charge in [-0.25, -0.2) is 0 Å². The molecule has 1 N–H and O–H groups in total. The lowest BCUT2D eigenvalue weighted by Gasteiger charge is -2.32.